The average molecular weight is 813 g/mol. The number of amides is 1. The molecule has 0 saturated heterocycles. The molecule has 2 aliphatic rings. The summed E-state index contributed by atoms with van der Waals surface area (Å²) in [5.41, 5.74) is 5.48. The summed E-state index contributed by atoms with van der Waals surface area (Å²) in [6.45, 7) is 8.57. The molecule has 19 heteroatoms. The lowest BCUT2D eigenvalue weighted by Gasteiger charge is -2.28. The maximum absolute atomic E-state index is 13.6. The molecule has 0 bridgehead atoms. The molecule has 4 aromatic rings. The summed E-state index contributed by atoms with van der Waals surface area (Å²) in [6.07, 6.45) is 0.856. The van der Waals surface area contributed by atoms with Crippen molar-refractivity contribution in [1.82, 2.24) is 30.0 Å². The van der Waals surface area contributed by atoms with Gasteiger partial charge in [-0.3, -0.25) is 19.5 Å². The van der Waals surface area contributed by atoms with Crippen LogP contribution >= 0.6 is 11.6 Å². The molecule has 0 spiro atoms. The third-order valence-corrected chi connectivity index (χ3v) is 8.40. The third kappa shape index (κ3) is 10.7. The fourth-order valence-electron chi connectivity index (χ4n) is 5.32. The molecule has 302 valence electrons. The third-order valence-electron chi connectivity index (χ3n) is 8.08. The molecule has 56 heavy (non-hydrogen) atoms. The van der Waals surface area contributed by atoms with Crippen molar-refractivity contribution in [3.63, 3.8) is 0 Å². The first-order valence-electron chi connectivity index (χ1n) is 16.7. The van der Waals surface area contributed by atoms with Crippen LogP contribution in [-0.4, -0.2) is 68.4 Å². The first kappa shape index (κ1) is 45.1. The molecule has 1 saturated carbocycles. The van der Waals surface area contributed by atoms with Gasteiger partial charge in [0, 0.05) is 11.6 Å². The van der Waals surface area contributed by atoms with E-state index in [2.05, 4.69) is 65.9 Å². The first-order valence-corrected chi connectivity index (χ1v) is 17.1. The molecule has 6 rings (SSSR count). The van der Waals surface area contributed by atoms with E-state index in [0.29, 0.717) is 21.9 Å². The van der Waals surface area contributed by atoms with Crippen molar-refractivity contribution in [3.05, 3.63) is 82.7 Å². The van der Waals surface area contributed by atoms with Gasteiger partial charge in [-0.2, -0.15) is 18.3 Å². The van der Waals surface area contributed by atoms with Gasteiger partial charge in [0.1, 0.15) is 24.2 Å². The number of hydrogen-bond acceptors (Lipinski definition) is 9. The summed E-state index contributed by atoms with van der Waals surface area (Å²) in [6, 6.07) is 8.12. The number of aliphatic imine (C=N–C) groups is 1. The summed E-state index contributed by atoms with van der Waals surface area (Å²) >= 11 is 6.27. The van der Waals surface area contributed by atoms with E-state index < -0.39 is 54.1 Å². The number of nitrogens with one attached hydrogen (secondary N) is 1. The highest BCUT2D eigenvalue weighted by molar-refractivity contribution is 6.32. The Morgan fingerprint density at radius 1 is 1.04 bits per heavy atom. The van der Waals surface area contributed by atoms with E-state index in [-0.39, 0.29) is 48.0 Å². The van der Waals surface area contributed by atoms with Gasteiger partial charge in [0.15, 0.2) is 17.8 Å². The Kier molecular flexibility index (Phi) is 15.0. The zero-order valence-corrected chi connectivity index (χ0v) is 31.6. The van der Waals surface area contributed by atoms with Crippen LogP contribution in [0.2, 0.25) is 5.02 Å². The van der Waals surface area contributed by atoms with Gasteiger partial charge in [-0.05, 0) is 66.1 Å². The molecule has 2 aromatic carbocycles. The van der Waals surface area contributed by atoms with E-state index in [1.165, 1.54) is 49.6 Å². The predicted octanol–water partition coefficient (Wildman–Crippen LogP) is 8.06. The fraction of sp³-hybridized carbons (Fsp3) is 0.405. The molecule has 0 unspecified atom stereocenters. The van der Waals surface area contributed by atoms with Gasteiger partial charge in [-0.1, -0.05) is 57.5 Å². The quantitative estimate of drug-likeness (QED) is 0.0932. The van der Waals surface area contributed by atoms with Crippen molar-refractivity contribution in [3.8, 4) is 18.5 Å². The van der Waals surface area contributed by atoms with Crippen LogP contribution in [0.5, 0.6) is 0 Å². The number of carbonyl (C=O) groups excluding carboxylic acids is 2. The number of nitrogens with zero attached hydrogens (tertiary/aromatic N) is 6. The van der Waals surface area contributed by atoms with Crippen LogP contribution in [0.3, 0.4) is 0 Å². The Morgan fingerprint density at radius 3 is 2.20 bits per heavy atom. The lowest BCUT2D eigenvalue weighted by Crippen LogP contribution is -2.42. The highest BCUT2D eigenvalue weighted by atomic mass is 35.5. The molecule has 3 N–H and O–H groups in total. The maximum Gasteiger partial charge on any atom is 0.406 e. The monoisotopic (exact) mass is 812 g/mol. The highest BCUT2D eigenvalue weighted by Gasteiger charge is 2.62. The number of terminal acetylenes is 1. The van der Waals surface area contributed by atoms with Crippen LogP contribution in [-0.2, 0) is 14.3 Å². The standard InChI is InChI=1S/C25H18ClF4N7O3.C5H8F3N.C5H12.C2H2/c26-16-4-2-13(8-17(16)37-23(22(29)30)33-10-34-37)18(9-40-11-38)36-24(39)19(35-25(36)31)14-1-3-15-12(7-14)5-6-32-20(15)21(27)28;1-9-4(2-3-4)5(6,7)8;1-5(2,3)4;1-2/h1-8,10-11,18-19,21-22H,9H2,(H2,31,35);9H,2-3H2,1H3;1-4H3;1-2H/t18-,19-;;;/m1.../s1. The molecule has 3 heterocycles. The van der Waals surface area contributed by atoms with Gasteiger partial charge >= 0.3 is 6.18 Å². The Balaban J connectivity index is 0.000000441. The maximum atomic E-state index is 13.6. The Morgan fingerprint density at radius 2 is 1.68 bits per heavy atom. The van der Waals surface area contributed by atoms with Crippen molar-refractivity contribution in [1.29, 1.82) is 0 Å². The molecule has 2 aromatic heterocycles. The number of carbonyl (C=O) groups is 2. The largest absolute Gasteiger partial charge is 0.465 e. The summed E-state index contributed by atoms with van der Waals surface area (Å²) in [7, 11) is 1.35. The molecule has 0 radical (unpaired) electrons. The molecule has 2 atom stereocenters. The summed E-state index contributed by atoms with van der Waals surface area (Å²) < 4.78 is 95.0. The Bertz CT molecular complexity index is 2020. The first-order chi connectivity index (χ1) is 26.2. The van der Waals surface area contributed by atoms with Crippen LogP contribution in [0.15, 0.2) is 60.0 Å². The second kappa shape index (κ2) is 18.6. The van der Waals surface area contributed by atoms with E-state index in [1.54, 1.807) is 6.07 Å². The van der Waals surface area contributed by atoms with Gasteiger partial charge in [0.05, 0.1) is 16.8 Å². The second-order valence-electron chi connectivity index (χ2n) is 13.9. The van der Waals surface area contributed by atoms with E-state index >= 15 is 0 Å². The molecule has 11 nitrogen and oxygen atoms in total. The minimum Gasteiger partial charge on any atom is -0.465 e. The van der Waals surface area contributed by atoms with Gasteiger partial charge < -0.3 is 15.8 Å². The number of hydrogen-bond donors (Lipinski definition) is 2. The number of guanidine groups is 1. The lowest BCUT2D eigenvalue weighted by atomic mass is 10.00. The summed E-state index contributed by atoms with van der Waals surface area (Å²) in [5.74, 6) is -1.45. The predicted molar refractivity (Wildman–Crippen MR) is 196 cm³/mol. The number of ether oxygens (including phenoxy) is 1. The minimum atomic E-state index is -4.05. The number of fused-ring (bicyclic) bond motifs is 1. The van der Waals surface area contributed by atoms with E-state index in [0.717, 1.165) is 15.9 Å². The van der Waals surface area contributed by atoms with Crippen molar-refractivity contribution < 1.29 is 45.1 Å². The Hall–Kier alpha value is -5.28. The van der Waals surface area contributed by atoms with Gasteiger partial charge in [-0.25, -0.2) is 32.2 Å². The second-order valence-corrected chi connectivity index (χ2v) is 14.3. The molecular weight excluding hydrogens is 773 g/mol. The van der Waals surface area contributed by atoms with Crippen molar-refractivity contribution in [2.24, 2.45) is 16.1 Å². The number of aromatic nitrogens is 4. The van der Waals surface area contributed by atoms with Crippen LogP contribution in [0.1, 0.15) is 88.1 Å². The van der Waals surface area contributed by atoms with Gasteiger partial charge in [0.2, 0.25) is 0 Å². The smallest absolute Gasteiger partial charge is 0.406 e. The number of pyridine rings is 1. The zero-order chi connectivity index (χ0) is 42.2. The van der Waals surface area contributed by atoms with Crippen LogP contribution < -0.4 is 11.1 Å². The van der Waals surface area contributed by atoms with E-state index in [1.807, 2.05) is 0 Å². The number of nitrogens with two attached hydrogens (primary N) is 1. The van der Waals surface area contributed by atoms with E-state index in [9.17, 15) is 40.3 Å². The highest BCUT2D eigenvalue weighted by Crippen LogP contribution is 2.48. The SMILES string of the molecule is C#C.CC(C)(C)C.CNC1(C(F)(F)F)CC1.NC1=N[C@H](c2ccc3c(C(F)F)nccc3c2)C(=O)N1[C@H](COC=O)c1ccc(Cl)c(-n2ncnc2C(F)F)c1. The zero-order valence-electron chi connectivity index (χ0n) is 30.9. The van der Waals surface area contributed by atoms with Gasteiger partial charge in [-0.15, -0.1) is 12.8 Å². The molecule has 1 amide bonds. The summed E-state index contributed by atoms with van der Waals surface area (Å²) in [5, 5.41) is 6.80. The van der Waals surface area contributed by atoms with Crippen molar-refractivity contribution in [2.75, 3.05) is 13.7 Å². The molecule has 1 aliphatic carbocycles. The lowest BCUT2D eigenvalue weighted by molar-refractivity contribution is -0.164. The number of halogens is 8. The molecular formula is C37H40ClF7N8O3. The van der Waals surface area contributed by atoms with E-state index in [4.69, 9.17) is 22.1 Å². The number of rotatable bonds is 10. The van der Waals surface area contributed by atoms with Crippen molar-refractivity contribution >= 4 is 40.7 Å². The topological polar surface area (TPSA) is 141 Å². The molecule has 1 fully saturated rings. The Labute approximate surface area is 323 Å². The van der Waals surface area contributed by atoms with Crippen LogP contribution in [0, 0.1) is 18.3 Å². The molecule has 1 aliphatic heterocycles. The van der Waals surface area contributed by atoms with Crippen LogP contribution in [0.25, 0.3) is 16.5 Å². The summed E-state index contributed by atoms with van der Waals surface area (Å²) in [4.78, 5) is 37.4. The van der Waals surface area contributed by atoms with Crippen molar-refractivity contribution in [2.45, 2.75) is 77.2 Å². The van der Waals surface area contributed by atoms with Crippen LogP contribution in [0.4, 0.5) is 30.7 Å². The fourth-order valence-corrected chi connectivity index (χ4v) is 5.52. The number of benzene rings is 2. The van der Waals surface area contributed by atoms with Gasteiger partial charge in [0.25, 0.3) is 25.2 Å². The number of alkyl halides is 7. The minimum absolute atomic E-state index is 0.0414. The normalized spacial score (nSPS) is 16.5. The average Bonchev–Trinajstić information content (AvgIpc) is 3.71.